The number of carbonyl (C=O) groups excluding carboxylic acids is 1. The van der Waals surface area contributed by atoms with E-state index in [1.807, 2.05) is 41.9 Å². The number of halogens is 1. The highest BCUT2D eigenvalue weighted by Gasteiger charge is 2.17. The Balaban J connectivity index is 1.67. The molecule has 0 unspecified atom stereocenters. The Labute approximate surface area is 156 Å². The summed E-state index contributed by atoms with van der Waals surface area (Å²) < 4.78 is 1.89. The van der Waals surface area contributed by atoms with E-state index in [0.29, 0.717) is 21.6 Å². The molecule has 0 saturated carbocycles. The fourth-order valence-corrected chi connectivity index (χ4v) is 4.20. The third-order valence-electron chi connectivity index (χ3n) is 3.69. The Kier molecular flexibility index (Phi) is 4.24. The molecule has 0 aliphatic rings. The highest BCUT2D eigenvalue weighted by Crippen LogP contribution is 2.30. The molecule has 126 valence electrons. The number of benzene rings is 1. The van der Waals surface area contributed by atoms with Gasteiger partial charge in [-0.25, -0.2) is 0 Å². The van der Waals surface area contributed by atoms with Gasteiger partial charge in [0.25, 0.3) is 5.91 Å². The second-order valence-corrected chi connectivity index (χ2v) is 7.63. The first-order valence-corrected chi connectivity index (χ1v) is 9.47. The lowest BCUT2D eigenvalue weighted by atomic mass is 10.2. The Morgan fingerprint density at radius 2 is 2.20 bits per heavy atom. The maximum atomic E-state index is 12.4. The largest absolute Gasteiger partial charge is 0.296 e. The summed E-state index contributed by atoms with van der Waals surface area (Å²) in [5, 5.41) is 17.0. The summed E-state index contributed by atoms with van der Waals surface area (Å²) >= 11 is 8.94. The summed E-state index contributed by atoms with van der Waals surface area (Å²) in [5.74, 6) is -0.193. The van der Waals surface area contributed by atoms with Gasteiger partial charge >= 0.3 is 0 Å². The third kappa shape index (κ3) is 3.15. The molecule has 1 N–H and O–H groups in total. The van der Waals surface area contributed by atoms with Crippen LogP contribution >= 0.6 is 34.3 Å². The molecule has 3 heterocycles. The molecule has 9 heteroatoms. The van der Waals surface area contributed by atoms with Gasteiger partial charge in [0.1, 0.15) is 10.3 Å². The predicted molar refractivity (Wildman–Crippen MR) is 101 cm³/mol. The van der Waals surface area contributed by atoms with Crippen molar-refractivity contribution in [1.29, 1.82) is 0 Å². The monoisotopic (exact) mass is 389 g/mol. The predicted octanol–water partition coefficient (Wildman–Crippen LogP) is 4.21. The Morgan fingerprint density at radius 3 is 2.96 bits per heavy atom. The van der Waals surface area contributed by atoms with E-state index in [0.717, 1.165) is 21.5 Å². The van der Waals surface area contributed by atoms with Crippen molar-refractivity contribution in [3.05, 3.63) is 57.0 Å². The number of nitrogens with zero attached hydrogens (tertiary/aromatic N) is 4. The van der Waals surface area contributed by atoms with Crippen LogP contribution in [0, 0.1) is 6.92 Å². The third-order valence-corrected chi connectivity index (χ3v) is 5.81. The van der Waals surface area contributed by atoms with Crippen molar-refractivity contribution in [2.45, 2.75) is 13.5 Å². The molecule has 0 aliphatic carbocycles. The first kappa shape index (κ1) is 16.2. The molecule has 0 atom stereocenters. The lowest BCUT2D eigenvalue weighted by Crippen LogP contribution is -2.09. The van der Waals surface area contributed by atoms with Crippen molar-refractivity contribution in [2.75, 3.05) is 5.32 Å². The van der Waals surface area contributed by atoms with Gasteiger partial charge in [0.15, 0.2) is 0 Å². The average Bonchev–Trinajstić information content (AvgIpc) is 3.29. The van der Waals surface area contributed by atoms with Crippen LogP contribution in [0.4, 0.5) is 5.13 Å². The van der Waals surface area contributed by atoms with E-state index in [1.165, 1.54) is 22.7 Å². The number of aromatic nitrogens is 4. The molecule has 0 radical (unpaired) electrons. The molecule has 0 fully saturated rings. The van der Waals surface area contributed by atoms with Crippen LogP contribution in [0.15, 0.2) is 35.8 Å². The highest BCUT2D eigenvalue weighted by molar-refractivity contribution is 7.20. The first-order chi connectivity index (χ1) is 12.1. The quantitative estimate of drug-likeness (QED) is 0.567. The Bertz CT molecular complexity index is 1050. The maximum Gasteiger partial charge on any atom is 0.267 e. The van der Waals surface area contributed by atoms with Gasteiger partial charge in [-0.05, 0) is 24.6 Å². The van der Waals surface area contributed by atoms with Crippen LogP contribution in [-0.2, 0) is 6.54 Å². The zero-order chi connectivity index (χ0) is 17.4. The smallest absolute Gasteiger partial charge is 0.267 e. The van der Waals surface area contributed by atoms with Crippen LogP contribution in [0.2, 0.25) is 5.02 Å². The first-order valence-electron chi connectivity index (χ1n) is 7.39. The van der Waals surface area contributed by atoms with Gasteiger partial charge in [-0.3, -0.25) is 14.8 Å². The van der Waals surface area contributed by atoms with E-state index in [2.05, 4.69) is 20.6 Å². The summed E-state index contributed by atoms with van der Waals surface area (Å²) in [6.45, 7) is 2.49. The lowest BCUT2D eigenvalue weighted by Gasteiger charge is -2.04. The molecule has 4 rings (SSSR count). The molecule has 0 bridgehead atoms. The molecule has 0 saturated heterocycles. The number of fused-ring (bicyclic) bond motifs is 1. The molecule has 25 heavy (non-hydrogen) atoms. The molecular formula is C16H12ClN5OS2. The van der Waals surface area contributed by atoms with E-state index < -0.39 is 0 Å². The van der Waals surface area contributed by atoms with E-state index in [4.69, 9.17) is 11.6 Å². The van der Waals surface area contributed by atoms with Gasteiger partial charge in [0.05, 0.1) is 17.1 Å². The van der Waals surface area contributed by atoms with Crippen molar-refractivity contribution >= 4 is 55.5 Å². The average molecular weight is 390 g/mol. The van der Waals surface area contributed by atoms with Gasteiger partial charge in [-0.1, -0.05) is 41.1 Å². The summed E-state index contributed by atoms with van der Waals surface area (Å²) in [6, 6.07) is 9.55. The van der Waals surface area contributed by atoms with Crippen LogP contribution in [0.1, 0.15) is 20.9 Å². The standard InChI is InChI=1S/C16H12ClN5OS2/c1-9-11-6-13(14(23)19-16-20-18-8-24-16)25-15(11)22(21-9)7-10-4-2-3-5-12(10)17/h2-6,8H,7H2,1H3,(H,19,20,23). The van der Waals surface area contributed by atoms with Crippen LogP contribution in [0.3, 0.4) is 0 Å². The normalized spacial score (nSPS) is 11.1. The number of rotatable bonds is 4. The minimum absolute atomic E-state index is 0.193. The SMILES string of the molecule is Cc1nn(Cc2ccccc2Cl)c2sc(C(=O)Nc3nncs3)cc12. The second kappa shape index (κ2) is 6.55. The summed E-state index contributed by atoms with van der Waals surface area (Å²) in [4.78, 5) is 14.0. The molecule has 0 aliphatic heterocycles. The number of hydrogen-bond acceptors (Lipinski definition) is 6. The van der Waals surface area contributed by atoms with Crippen molar-refractivity contribution in [1.82, 2.24) is 20.0 Å². The number of anilines is 1. The fourth-order valence-electron chi connectivity index (χ4n) is 2.51. The number of carbonyl (C=O) groups is 1. The van der Waals surface area contributed by atoms with Crippen LogP contribution in [-0.4, -0.2) is 25.9 Å². The number of nitrogens with one attached hydrogen (secondary N) is 1. The van der Waals surface area contributed by atoms with Crippen molar-refractivity contribution < 1.29 is 4.79 Å². The van der Waals surface area contributed by atoms with Gasteiger partial charge < -0.3 is 0 Å². The van der Waals surface area contributed by atoms with Gasteiger partial charge in [0.2, 0.25) is 5.13 Å². The van der Waals surface area contributed by atoms with Gasteiger partial charge in [-0.15, -0.1) is 21.5 Å². The topological polar surface area (TPSA) is 72.7 Å². The lowest BCUT2D eigenvalue weighted by molar-refractivity contribution is 0.103. The molecule has 6 nitrogen and oxygen atoms in total. The second-order valence-electron chi connectivity index (χ2n) is 5.36. The maximum absolute atomic E-state index is 12.4. The number of amides is 1. The molecule has 1 aromatic carbocycles. The van der Waals surface area contributed by atoms with E-state index >= 15 is 0 Å². The van der Waals surface area contributed by atoms with Crippen molar-refractivity contribution in [3.8, 4) is 0 Å². The van der Waals surface area contributed by atoms with Crippen molar-refractivity contribution in [3.63, 3.8) is 0 Å². The van der Waals surface area contributed by atoms with Crippen LogP contribution in [0.5, 0.6) is 0 Å². The van der Waals surface area contributed by atoms with Crippen molar-refractivity contribution in [2.24, 2.45) is 0 Å². The molecule has 3 aromatic heterocycles. The molecule has 0 spiro atoms. The van der Waals surface area contributed by atoms with Gasteiger partial charge in [0, 0.05) is 10.4 Å². The molecule has 4 aromatic rings. The summed E-state index contributed by atoms with van der Waals surface area (Å²) in [7, 11) is 0. The Hall–Kier alpha value is -2.29. The minimum Gasteiger partial charge on any atom is -0.296 e. The van der Waals surface area contributed by atoms with E-state index in [-0.39, 0.29) is 5.91 Å². The number of aryl methyl sites for hydroxylation is 1. The molecular weight excluding hydrogens is 378 g/mol. The summed E-state index contributed by atoms with van der Waals surface area (Å²) in [5.41, 5.74) is 3.45. The fraction of sp³-hybridized carbons (Fsp3) is 0.125. The number of thiophene rings is 1. The van der Waals surface area contributed by atoms with E-state index in [1.54, 1.807) is 5.51 Å². The molecule has 1 amide bonds. The van der Waals surface area contributed by atoms with Crippen LogP contribution in [0.25, 0.3) is 10.2 Å². The Morgan fingerprint density at radius 1 is 1.36 bits per heavy atom. The van der Waals surface area contributed by atoms with Crippen LogP contribution < -0.4 is 5.32 Å². The zero-order valence-corrected chi connectivity index (χ0v) is 15.5. The van der Waals surface area contributed by atoms with E-state index in [9.17, 15) is 4.79 Å². The number of hydrogen-bond donors (Lipinski definition) is 1. The summed E-state index contributed by atoms with van der Waals surface area (Å²) in [6.07, 6.45) is 0. The highest BCUT2D eigenvalue weighted by atomic mass is 35.5. The van der Waals surface area contributed by atoms with Gasteiger partial charge in [-0.2, -0.15) is 5.10 Å². The minimum atomic E-state index is -0.193. The zero-order valence-electron chi connectivity index (χ0n) is 13.1.